The highest BCUT2D eigenvalue weighted by Crippen LogP contribution is 2.28. The molecule has 1 rings (SSSR count). The van der Waals surface area contributed by atoms with Crippen molar-refractivity contribution in [2.75, 3.05) is 7.05 Å². The Morgan fingerprint density at radius 3 is 2.29 bits per heavy atom. The van der Waals surface area contributed by atoms with Gasteiger partial charge in [0, 0.05) is 6.04 Å². The van der Waals surface area contributed by atoms with Crippen LogP contribution in [0, 0.1) is 19.8 Å². The number of aryl methyl sites for hydroxylation is 1. The summed E-state index contributed by atoms with van der Waals surface area (Å²) >= 11 is 0. The highest BCUT2D eigenvalue weighted by Gasteiger charge is 2.16. The average molecular weight is 233 g/mol. The van der Waals surface area contributed by atoms with Crippen LogP contribution in [0.2, 0.25) is 0 Å². The average Bonchev–Trinajstić information content (AvgIpc) is 2.35. The summed E-state index contributed by atoms with van der Waals surface area (Å²) in [6, 6.07) is 7.14. The fourth-order valence-corrected chi connectivity index (χ4v) is 2.51. The molecule has 0 aromatic heterocycles. The monoisotopic (exact) mass is 233 g/mol. The summed E-state index contributed by atoms with van der Waals surface area (Å²) in [5.41, 5.74) is 4.31. The molecule has 1 atom stereocenters. The lowest BCUT2D eigenvalue weighted by Gasteiger charge is -2.24. The molecule has 1 nitrogen and oxygen atoms in total. The molecule has 0 spiro atoms. The Hall–Kier alpha value is -0.820. The molecule has 17 heavy (non-hydrogen) atoms. The Balaban J connectivity index is 2.89. The standard InChI is InChI=1S/C16H27N/c1-6-14(7-2)11-16(17-5)15-10-8-9-12(3)13(15)4/h8-10,14,16-17H,6-7,11H2,1-5H3. The van der Waals surface area contributed by atoms with E-state index in [2.05, 4.69) is 58.3 Å². The number of benzene rings is 1. The molecule has 1 heteroatoms. The van der Waals surface area contributed by atoms with Crippen molar-refractivity contribution < 1.29 is 0 Å². The summed E-state index contributed by atoms with van der Waals surface area (Å²) < 4.78 is 0. The van der Waals surface area contributed by atoms with Gasteiger partial charge in [0.25, 0.3) is 0 Å². The van der Waals surface area contributed by atoms with Crippen molar-refractivity contribution in [2.24, 2.45) is 5.92 Å². The lowest BCUT2D eigenvalue weighted by Crippen LogP contribution is -2.20. The second kappa shape index (κ2) is 6.80. The molecule has 0 saturated carbocycles. The highest BCUT2D eigenvalue weighted by molar-refractivity contribution is 5.35. The Morgan fingerprint density at radius 2 is 1.76 bits per heavy atom. The Bertz CT molecular complexity index is 339. The van der Waals surface area contributed by atoms with Gasteiger partial charge >= 0.3 is 0 Å². The number of hydrogen-bond acceptors (Lipinski definition) is 1. The van der Waals surface area contributed by atoms with E-state index in [0.29, 0.717) is 6.04 Å². The Labute approximate surface area is 107 Å². The van der Waals surface area contributed by atoms with Gasteiger partial charge < -0.3 is 5.32 Å². The fraction of sp³-hybridized carbons (Fsp3) is 0.625. The predicted octanol–water partition coefficient (Wildman–Crippen LogP) is 4.39. The van der Waals surface area contributed by atoms with Crippen LogP contribution in [0.5, 0.6) is 0 Å². The van der Waals surface area contributed by atoms with E-state index in [0.717, 1.165) is 5.92 Å². The molecule has 1 unspecified atom stereocenters. The second-order valence-corrected chi connectivity index (χ2v) is 5.05. The van der Waals surface area contributed by atoms with E-state index in [-0.39, 0.29) is 0 Å². The third kappa shape index (κ3) is 3.57. The summed E-state index contributed by atoms with van der Waals surface area (Å²) in [5, 5.41) is 3.49. The quantitative estimate of drug-likeness (QED) is 0.768. The lowest BCUT2D eigenvalue weighted by molar-refractivity contribution is 0.384. The molecule has 0 heterocycles. The van der Waals surface area contributed by atoms with Crippen LogP contribution in [0.15, 0.2) is 18.2 Å². The SMILES string of the molecule is CCC(CC)CC(NC)c1cccc(C)c1C. The van der Waals surface area contributed by atoms with E-state index < -0.39 is 0 Å². The van der Waals surface area contributed by atoms with Gasteiger partial charge in [-0.2, -0.15) is 0 Å². The zero-order valence-electron chi connectivity index (χ0n) is 12.0. The Morgan fingerprint density at radius 1 is 1.12 bits per heavy atom. The zero-order chi connectivity index (χ0) is 12.8. The molecule has 0 aliphatic carbocycles. The van der Waals surface area contributed by atoms with Crippen molar-refractivity contribution in [3.8, 4) is 0 Å². The lowest BCUT2D eigenvalue weighted by atomic mass is 9.88. The molecule has 0 aliphatic heterocycles. The number of rotatable bonds is 6. The van der Waals surface area contributed by atoms with Crippen molar-refractivity contribution in [3.63, 3.8) is 0 Å². The molecule has 0 amide bonds. The third-order valence-electron chi connectivity index (χ3n) is 4.09. The van der Waals surface area contributed by atoms with Crippen LogP contribution in [0.4, 0.5) is 0 Å². The normalized spacial score (nSPS) is 13.1. The maximum Gasteiger partial charge on any atom is 0.0322 e. The molecule has 1 aromatic carbocycles. The fourth-order valence-electron chi connectivity index (χ4n) is 2.51. The summed E-state index contributed by atoms with van der Waals surface area (Å²) in [4.78, 5) is 0. The smallest absolute Gasteiger partial charge is 0.0322 e. The van der Waals surface area contributed by atoms with Crippen LogP contribution in [0.3, 0.4) is 0 Å². The molecule has 96 valence electrons. The molecule has 0 radical (unpaired) electrons. The van der Waals surface area contributed by atoms with Crippen LogP contribution < -0.4 is 5.32 Å². The summed E-state index contributed by atoms with van der Waals surface area (Å²) in [6.07, 6.45) is 3.80. The first-order chi connectivity index (χ1) is 8.13. The minimum absolute atomic E-state index is 0.500. The topological polar surface area (TPSA) is 12.0 Å². The predicted molar refractivity (Wildman–Crippen MR) is 76.4 cm³/mol. The van der Waals surface area contributed by atoms with E-state index >= 15 is 0 Å². The first-order valence-corrected chi connectivity index (χ1v) is 6.87. The van der Waals surface area contributed by atoms with Gasteiger partial charge in [-0.25, -0.2) is 0 Å². The van der Waals surface area contributed by atoms with Crippen LogP contribution in [0.25, 0.3) is 0 Å². The number of nitrogens with one attached hydrogen (secondary N) is 1. The maximum atomic E-state index is 3.49. The van der Waals surface area contributed by atoms with Crippen molar-refractivity contribution in [1.82, 2.24) is 5.32 Å². The summed E-state index contributed by atoms with van der Waals surface area (Å²) in [6.45, 7) is 9.03. The minimum atomic E-state index is 0.500. The van der Waals surface area contributed by atoms with Gasteiger partial charge in [-0.1, -0.05) is 44.9 Å². The molecule has 0 fully saturated rings. The highest BCUT2D eigenvalue weighted by atomic mass is 14.9. The van der Waals surface area contributed by atoms with Gasteiger partial charge in [-0.05, 0) is 49.9 Å². The van der Waals surface area contributed by atoms with Crippen LogP contribution in [-0.2, 0) is 0 Å². The molecule has 0 bridgehead atoms. The Kier molecular flexibility index (Phi) is 5.70. The maximum absolute atomic E-state index is 3.49. The van der Waals surface area contributed by atoms with E-state index in [1.165, 1.54) is 36.0 Å². The van der Waals surface area contributed by atoms with Crippen LogP contribution in [-0.4, -0.2) is 7.05 Å². The number of hydrogen-bond donors (Lipinski definition) is 1. The first-order valence-electron chi connectivity index (χ1n) is 6.87. The van der Waals surface area contributed by atoms with Crippen molar-refractivity contribution in [3.05, 3.63) is 34.9 Å². The molecule has 1 N–H and O–H groups in total. The van der Waals surface area contributed by atoms with Gasteiger partial charge in [0.2, 0.25) is 0 Å². The van der Waals surface area contributed by atoms with Gasteiger partial charge in [0.15, 0.2) is 0 Å². The summed E-state index contributed by atoms with van der Waals surface area (Å²) in [5.74, 6) is 0.826. The van der Waals surface area contributed by atoms with E-state index in [1.54, 1.807) is 0 Å². The minimum Gasteiger partial charge on any atom is -0.313 e. The van der Waals surface area contributed by atoms with Crippen molar-refractivity contribution in [2.45, 2.75) is 53.0 Å². The largest absolute Gasteiger partial charge is 0.313 e. The van der Waals surface area contributed by atoms with E-state index in [9.17, 15) is 0 Å². The molecular formula is C16H27N. The van der Waals surface area contributed by atoms with Gasteiger partial charge in [0.1, 0.15) is 0 Å². The van der Waals surface area contributed by atoms with Crippen LogP contribution >= 0.6 is 0 Å². The van der Waals surface area contributed by atoms with Gasteiger partial charge in [0.05, 0.1) is 0 Å². The van der Waals surface area contributed by atoms with Crippen molar-refractivity contribution in [1.29, 1.82) is 0 Å². The van der Waals surface area contributed by atoms with E-state index in [1.807, 2.05) is 0 Å². The summed E-state index contributed by atoms with van der Waals surface area (Å²) in [7, 11) is 2.08. The van der Waals surface area contributed by atoms with Gasteiger partial charge in [-0.3, -0.25) is 0 Å². The molecular weight excluding hydrogens is 206 g/mol. The molecule has 0 saturated heterocycles. The van der Waals surface area contributed by atoms with Crippen molar-refractivity contribution >= 4 is 0 Å². The molecule has 1 aromatic rings. The van der Waals surface area contributed by atoms with E-state index in [4.69, 9.17) is 0 Å². The zero-order valence-corrected chi connectivity index (χ0v) is 12.0. The first kappa shape index (κ1) is 14.2. The van der Waals surface area contributed by atoms with Crippen LogP contribution in [0.1, 0.15) is 55.8 Å². The van der Waals surface area contributed by atoms with Gasteiger partial charge in [-0.15, -0.1) is 0 Å². The second-order valence-electron chi connectivity index (χ2n) is 5.05. The molecule has 0 aliphatic rings. The third-order valence-corrected chi connectivity index (χ3v) is 4.09.